The Morgan fingerprint density at radius 2 is 1.80 bits per heavy atom. The van der Waals surface area contributed by atoms with E-state index in [-0.39, 0.29) is 18.0 Å². The van der Waals surface area contributed by atoms with Crippen LogP contribution in [0.4, 0.5) is 0 Å². The standard InChI is InChI=1S/C34H32N4O7/c39-18-20-6-8-21(9-7-20)32-36-28-14-22(10-13-30(28)38(32)24-4-2-1-3-5-24)33(42)37-29(34(43)44)15-23-17-35-27-12-11-25(16-26(23)27)45-19-31(40)41/h6-14,16-18,24,29,35H,1-5,15,19H2,(H,37,42)(H,40,41)(H,43,44)/t29-/m0/s1. The van der Waals surface area contributed by atoms with Crippen molar-refractivity contribution in [3.63, 3.8) is 0 Å². The fourth-order valence-corrected chi connectivity index (χ4v) is 6.09. The van der Waals surface area contributed by atoms with Gasteiger partial charge in [0.05, 0.1) is 11.0 Å². The summed E-state index contributed by atoms with van der Waals surface area (Å²) < 4.78 is 7.51. The van der Waals surface area contributed by atoms with E-state index < -0.39 is 30.5 Å². The van der Waals surface area contributed by atoms with Gasteiger partial charge in [0, 0.05) is 46.3 Å². The van der Waals surface area contributed by atoms with Gasteiger partial charge < -0.3 is 29.8 Å². The molecule has 230 valence electrons. The number of benzene rings is 3. The molecule has 4 N–H and O–H groups in total. The number of fused-ring (bicyclic) bond motifs is 2. The van der Waals surface area contributed by atoms with Crippen molar-refractivity contribution in [3.8, 4) is 17.1 Å². The van der Waals surface area contributed by atoms with Crippen molar-refractivity contribution in [2.75, 3.05) is 6.61 Å². The van der Waals surface area contributed by atoms with Crippen molar-refractivity contribution in [1.29, 1.82) is 0 Å². The smallest absolute Gasteiger partial charge is 0.341 e. The van der Waals surface area contributed by atoms with Crippen molar-refractivity contribution < 1.29 is 34.1 Å². The van der Waals surface area contributed by atoms with Gasteiger partial charge in [-0.25, -0.2) is 14.6 Å². The molecule has 1 aliphatic carbocycles. The molecule has 2 aromatic heterocycles. The maximum absolute atomic E-state index is 13.4. The van der Waals surface area contributed by atoms with Gasteiger partial charge in [-0.3, -0.25) is 9.59 Å². The number of ether oxygens (including phenoxy) is 1. The molecule has 11 nitrogen and oxygen atoms in total. The van der Waals surface area contributed by atoms with E-state index in [2.05, 4.69) is 14.9 Å². The minimum atomic E-state index is -1.23. The van der Waals surface area contributed by atoms with Crippen LogP contribution in [-0.4, -0.2) is 61.5 Å². The lowest BCUT2D eigenvalue weighted by atomic mass is 9.94. The first-order valence-electron chi connectivity index (χ1n) is 14.9. The minimum Gasteiger partial charge on any atom is -0.482 e. The average molecular weight is 609 g/mol. The topological polar surface area (TPSA) is 164 Å². The van der Waals surface area contributed by atoms with E-state index in [4.69, 9.17) is 14.8 Å². The van der Waals surface area contributed by atoms with Gasteiger partial charge in [0.25, 0.3) is 5.91 Å². The highest BCUT2D eigenvalue weighted by molar-refractivity contribution is 6.00. The number of hydrogen-bond acceptors (Lipinski definition) is 6. The van der Waals surface area contributed by atoms with Crippen molar-refractivity contribution in [3.05, 3.63) is 83.6 Å². The third kappa shape index (κ3) is 6.28. The summed E-state index contributed by atoms with van der Waals surface area (Å²) >= 11 is 0. The summed E-state index contributed by atoms with van der Waals surface area (Å²) in [7, 11) is 0. The van der Waals surface area contributed by atoms with Crippen LogP contribution in [0, 0.1) is 0 Å². The number of rotatable bonds is 11. The molecule has 11 heteroatoms. The lowest BCUT2D eigenvalue weighted by Gasteiger charge is -2.25. The molecule has 0 spiro atoms. The van der Waals surface area contributed by atoms with Crippen LogP contribution in [0.15, 0.2) is 66.9 Å². The van der Waals surface area contributed by atoms with Crippen LogP contribution in [0.1, 0.15) is 64.4 Å². The van der Waals surface area contributed by atoms with Gasteiger partial charge in [0.1, 0.15) is 23.9 Å². The molecule has 45 heavy (non-hydrogen) atoms. The van der Waals surface area contributed by atoms with E-state index in [1.807, 2.05) is 18.2 Å². The second-order valence-electron chi connectivity index (χ2n) is 11.3. The fraction of sp³-hybridized carbons (Fsp3) is 0.265. The molecule has 0 aliphatic heterocycles. The van der Waals surface area contributed by atoms with Crippen LogP contribution in [-0.2, 0) is 16.0 Å². The lowest BCUT2D eigenvalue weighted by Crippen LogP contribution is -2.42. The van der Waals surface area contributed by atoms with E-state index in [0.717, 1.165) is 54.4 Å². The molecule has 0 radical (unpaired) electrons. The van der Waals surface area contributed by atoms with Gasteiger partial charge in [0.2, 0.25) is 0 Å². The van der Waals surface area contributed by atoms with E-state index in [1.54, 1.807) is 48.7 Å². The molecule has 6 rings (SSSR count). The Hall–Kier alpha value is -5.45. The van der Waals surface area contributed by atoms with Gasteiger partial charge in [-0.2, -0.15) is 0 Å². The number of aromatic nitrogens is 3. The van der Waals surface area contributed by atoms with Crippen molar-refractivity contribution >= 4 is 46.1 Å². The first-order chi connectivity index (χ1) is 21.8. The van der Waals surface area contributed by atoms with Crippen LogP contribution in [0.25, 0.3) is 33.3 Å². The van der Waals surface area contributed by atoms with Crippen LogP contribution < -0.4 is 10.1 Å². The summed E-state index contributed by atoms with van der Waals surface area (Å²) in [5.41, 5.74) is 4.60. The average Bonchev–Trinajstić information content (AvgIpc) is 3.64. The fourth-order valence-electron chi connectivity index (χ4n) is 6.09. The van der Waals surface area contributed by atoms with Crippen molar-refractivity contribution in [2.45, 2.75) is 50.6 Å². The van der Waals surface area contributed by atoms with Gasteiger partial charge in [-0.1, -0.05) is 43.5 Å². The highest BCUT2D eigenvalue weighted by Crippen LogP contribution is 2.36. The first kappa shape index (κ1) is 29.6. The highest BCUT2D eigenvalue weighted by Gasteiger charge is 2.25. The maximum atomic E-state index is 13.4. The first-order valence-corrected chi connectivity index (χ1v) is 14.9. The van der Waals surface area contributed by atoms with Gasteiger partial charge in [-0.05, 0) is 54.8 Å². The number of carboxylic acids is 2. The molecule has 5 aromatic rings. The number of H-pyrrole nitrogens is 1. The van der Waals surface area contributed by atoms with Crippen LogP contribution >= 0.6 is 0 Å². The molecule has 0 saturated heterocycles. The Bertz CT molecular complexity index is 1900. The number of amides is 1. The number of nitrogens with one attached hydrogen (secondary N) is 2. The summed E-state index contributed by atoms with van der Waals surface area (Å²) in [6, 6.07) is 16.5. The monoisotopic (exact) mass is 608 g/mol. The number of carboxylic acid groups (broad SMARTS) is 2. The molecule has 0 unspecified atom stereocenters. The number of imidazole rings is 1. The number of nitrogens with zero attached hydrogens (tertiary/aromatic N) is 2. The molecular weight excluding hydrogens is 576 g/mol. The summed E-state index contributed by atoms with van der Waals surface area (Å²) in [6.45, 7) is -0.504. The Balaban J connectivity index is 1.27. The van der Waals surface area contributed by atoms with Gasteiger partial charge in [-0.15, -0.1) is 0 Å². The molecule has 1 aliphatic rings. The number of aldehydes is 1. The van der Waals surface area contributed by atoms with Crippen LogP contribution in [0.2, 0.25) is 0 Å². The second kappa shape index (κ2) is 12.7. The molecule has 3 aromatic carbocycles. The summed E-state index contributed by atoms with van der Waals surface area (Å²) in [6.07, 6.45) is 7.94. The normalized spacial score (nSPS) is 14.3. The number of aliphatic carboxylic acids is 2. The van der Waals surface area contributed by atoms with Crippen molar-refractivity contribution in [2.24, 2.45) is 0 Å². The van der Waals surface area contributed by atoms with Crippen LogP contribution in [0.5, 0.6) is 5.75 Å². The van der Waals surface area contributed by atoms with Gasteiger partial charge >= 0.3 is 11.9 Å². The largest absolute Gasteiger partial charge is 0.482 e. The second-order valence-corrected chi connectivity index (χ2v) is 11.3. The zero-order valence-electron chi connectivity index (χ0n) is 24.4. The Morgan fingerprint density at radius 3 is 2.51 bits per heavy atom. The van der Waals surface area contributed by atoms with Gasteiger partial charge in [0.15, 0.2) is 6.61 Å². The van der Waals surface area contributed by atoms with E-state index in [9.17, 15) is 24.3 Å². The number of hydrogen-bond donors (Lipinski definition) is 4. The number of carbonyl (C=O) groups is 4. The Kier molecular flexibility index (Phi) is 8.33. The SMILES string of the molecule is O=Cc1ccc(-c2nc3cc(C(=O)N[C@@H](Cc4c[nH]c5ccc(OCC(=O)O)cc45)C(=O)O)ccc3n2C2CCCCC2)cc1. The molecule has 1 fully saturated rings. The number of aromatic amines is 1. The molecule has 0 bridgehead atoms. The lowest BCUT2D eigenvalue weighted by molar-refractivity contribution is -0.140. The Labute approximate surface area is 257 Å². The zero-order valence-corrected chi connectivity index (χ0v) is 24.4. The van der Waals surface area contributed by atoms with Crippen LogP contribution in [0.3, 0.4) is 0 Å². The number of carbonyl (C=O) groups excluding carboxylic acids is 2. The molecular formula is C34H32N4O7. The van der Waals surface area contributed by atoms with Crippen molar-refractivity contribution in [1.82, 2.24) is 19.9 Å². The van der Waals surface area contributed by atoms with E-state index >= 15 is 0 Å². The molecule has 1 atom stereocenters. The maximum Gasteiger partial charge on any atom is 0.341 e. The molecule has 1 amide bonds. The van der Waals surface area contributed by atoms with E-state index in [1.165, 1.54) is 6.42 Å². The third-order valence-electron chi connectivity index (χ3n) is 8.33. The summed E-state index contributed by atoms with van der Waals surface area (Å²) in [4.78, 5) is 55.8. The summed E-state index contributed by atoms with van der Waals surface area (Å²) in [5, 5.41) is 22.2. The Morgan fingerprint density at radius 1 is 1.02 bits per heavy atom. The quantitative estimate of drug-likeness (QED) is 0.145. The molecule has 1 saturated carbocycles. The predicted octanol–water partition coefficient (Wildman–Crippen LogP) is 5.39. The zero-order chi connectivity index (χ0) is 31.5. The van der Waals surface area contributed by atoms with E-state index in [0.29, 0.717) is 27.8 Å². The summed E-state index contributed by atoms with van der Waals surface area (Å²) in [5.74, 6) is -1.75. The predicted molar refractivity (Wildman–Crippen MR) is 167 cm³/mol. The minimum absolute atomic E-state index is 0.0110. The third-order valence-corrected chi connectivity index (χ3v) is 8.33. The highest BCUT2D eigenvalue weighted by atomic mass is 16.5. The molecule has 2 heterocycles.